The lowest BCUT2D eigenvalue weighted by atomic mass is 9.87. The van der Waals surface area contributed by atoms with Crippen LogP contribution in [0.1, 0.15) is 53.5 Å². The van der Waals surface area contributed by atoms with E-state index in [1.807, 2.05) is 7.11 Å². The summed E-state index contributed by atoms with van der Waals surface area (Å²) in [6, 6.07) is 24.3. The number of benzene rings is 3. The summed E-state index contributed by atoms with van der Waals surface area (Å²) in [7, 11) is 1.35. The number of hydrogen-bond donors (Lipinski definition) is 0. The van der Waals surface area contributed by atoms with Gasteiger partial charge in [0, 0.05) is 19.1 Å². The van der Waals surface area contributed by atoms with Crippen LogP contribution in [0.4, 0.5) is 0 Å². The predicted octanol–water partition coefficient (Wildman–Crippen LogP) is 6.64. The summed E-state index contributed by atoms with van der Waals surface area (Å²) >= 11 is 0. The lowest BCUT2D eigenvalue weighted by Gasteiger charge is -2.54. The molecule has 1 atom stereocenters. The molecule has 3 aromatic carbocycles. The van der Waals surface area contributed by atoms with Crippen molar-refractivity contribution in [2.24, 2.45) is 0 Å². The van der Waals surface area contributed by atoms with Crippen molar-refractivity contribution in [2.75, 3.05) is 7.11 Å². The second kappa shape index (κ2) is 7.88. The molecule has 4 rings (SSSR count). The molecule has 1 aliphatic rings. The van der Waals surface area contributed by atoms with Gasteiger partial charge in [0.15, 0.2) is 0 Å². The van der Waals surface area contributed by atoms with Crippen LogP contribution in [0.2, 0.25) is 0 Å². The van der Waals surface area contributed by atoms with E-state index in [1.165, 1.54) is 32.3 Å². The van der Waals surface area contributed by atoms with Gasteiger partial charge in [-0.15, -0.1) is 0 Å². The zero-order valence-corrected chi connectivity index (χ0v) is 20.9. The van der Waals surface area contributed by atoms with Gasteiger partial charge in [0.25, 0.3) is 0 Å². The van der Waals surface area contributed by atoms with Crippen molar-refractivity contribution in [3.63, 3.8) is 0 Å². The van der Waals surface area contributed by atoms with E-state index in [1.54, 1.807) is 0 Å². The molecule has 0 fully saturated rings. The second-order valence-corrected chi connectivity index (χ2v) is 14.6. The number of fused-ring (bicyclic) bond motifs is 2. The van der Waals surface area contributed by atoms with E-state index >= 15 is 0 Å². The molecule has 0 radical (unpaired) electrons. The van der Waals surface area contributed by atoms with Crippen molar-refractivity contribution in [1.82, 2.24) is 0 Å². The van der Waals surface area contributed by atoms with E-state index in [0.717, 1.165) is 6.42 Å². The summed E-state index contributed by atoms with van der Waals surface area (Å²) < 4.78 is 6.73. The first kappa shape index (κ1) is 22.3. The molecule has 2 heteroatoms. The molecular weight excluding hydrogens is 395 g/mol. The Labute approximate surface area is 188 Å². The first-order valence-electron chi connectivity index (χ1n) is 11.2. The molecule has 31 heavy (non-hydrogen) atoms. The van der Waals surface area contributed by atoms with Crippen LogP contribution in [0, 0.1) is 0 Å². The van der Waals surface area contributed by atoms with Gasteiger partial charge in [0.05, 0.1) is 0 Å². The van der Waals surface area contributed by atoms with Crippen LogP contribution in [-0.4, -0.2) is 22.8 Å². The lowest BCUT2D eigenvalue weighted by Crippen LogP contribution is -2.49. The first-order valence-corrected chi connectivity index (χ1v) is 12.6. The van der Waals surface area contributed by atoms with Gasteiger partial charge in [-0.05, 0) is 37.1 Å². The van der Waals surface area contributed by atoms with Crippen molar-refractivity contribution in [1.29, 1.82) is 0 Å². The Balaban J connectivity index is 2.19. The Kier molecular flexibility index (Phi) is 5.65. The van der Waals surface area contributed by atoms with Crippen molar-refractivity contribution in [3.8, 4) is 0 Å². The van der Waals surface area contributed by atoms with Crippen LogP contribution in [0.25, 0.3) is 22.4 Å². The quantitative estimate of drug-likeness (QED) is 0.423. The molecule has 0 saturated carbocycles. The fraction of sp³-hybridized carbons (Fsp3) is 0.379. The molecule has 0 bridgehead atoms. The van der Waals surface area contributed by atoms with Crippen LogP contribution in [0.15, 0.2) is 66.7 Å². The molecule has 0 amide bonds. The molecule has 0 aliphatic heterocycles. The molecule has 0 spiro atoms. The van der Waals surface area contributed by atoms with Crippen LogP contribution in [-0.2, 0) is 4.74 Å². The Hall–Kier alpha value is -1.95. The van der Waals surface area contributed by atoms with E-state index in [4.69, 9.17) is 4.74 Å². The molecule has 1 nitrogen and oxygen atoms in total. The minimum atomic E-state index is -0.579. The molecule has 0 N–H and O–H groups in total. The molecule has 3 aromatic rings. The largest absolute Gasteiger partial charge is 0.369 e. The molecule has 162 valence electrons. The number of hydrogen-bond acceptors (Lipinski definition) is 1. The summed E-state index contributed by atoms with van der Waals surface area (Å²) in [6.07, 6.45) is 3.31. The molecule has 1 aliphatic carbocycles. The summed E-state index contributed by atoms with van der Waals surface area (Å²) in [5, 5.41) is 5.10. The van der Waals surface area contributed by atoms with E-state index in [0.29, 0.717) is 0 Å². The third kappa shape index (κ3) is 3.77. The predicted molar refractivity (Wildman–Crippen MR) is 137 cm³/mol. The van der Waals surface area contributed by atoms with E-state index in [9.17, 15) is 0 Å². The Bertz CT molecular complexity index is 1210. The monoisotopic (exact) mass is 430 g/mol. The van der Waals surface area contributed by atoms with E-state index < -0.39 is 7.92 Å². The molecule has 0 saturated heterocycles. The average Bonchev–Trinajstić information content (AvgIpc) is 2.71. The van der Waals surface area contributed by atoms with Crippen molar-refractivity contribution >= 4 is 30.3 Å². The van der Waals surface area contributed by atoms with Crippen molar-refractivity contribution in [2.45, 2.75) is 63.6 Å². The molecule has 1 unspecified atom stereocenters. The van der Waals surface area contributed by atoms with Crippen LogP contribution in [0.5, 0.6) is 0 Å². The van der Waals surface area contributed by atoms with Crippen LogP contribution >= 0.6 is 7.92 Å². The highest BCUT2D eigenvalue weighted by molar-refractivity contribution is 7.63. The average molecular weight is 431 g/mol. The van der Waals surface area contributed by atoms with Crippen LogP contribution in [0.3, 0.4) is 0 Å². The Morgan fingerprint density at radius 2 is 1.39 bits per heavy atom. The van der Waals surface area contributed by atoms with Gasteiger partial charge in [0.2, 0.25) is 0 Å². The summed E-state index contributed by atoms with van der Waals surface area (Å²) in [5.74, 6) is 0. The van der Waals surface area contributed by atoms with Gasteiger partial charge < -0.3 is 4.74 Å². The first-order chi connectivity index (χ1) is 14.6. The van der Waals surface area contributed by atoms with Crippen molar-refractivity contribution < 1.29 is 4.74 Å². The highest BCUT2D eigenvalue weighted by atomic mass is 31.1. The lowest BCUT2D eigenvalue weighted by molar-refractivity contribution is 0.114. The standard InChI is InChI=1S/C29H35OP/c1-27(2,3)31(28(4,5)6)29(30-7)20-19-22-14-9-11-17-24(22)26(29)25-18-12-15-21-13-8-10-16-23(21)25/h8-19H,20H2,1-7H3. The Morgan fingerprint density at radius 1 is 0.774 bits per heavy atom. The Morgan fingerprint density at radius 3 is 2.06 bits per heavy atom. The molecule has 0 heterocycles. The number of methoxy groups -OCH3 is 1. The fourth-order valence-corrected chi connectivity index (χ4v) is 10.9. The maximum atomic E-state index is 6.73. The van der Waals surface area contributed by atoms with Gasteiger partial charge >= 0.3 is 0 Å². The maximum Gasteiger partial charge on any atom is 0.117 e. The summed E-state index contributed by atoms with van der Waals surface area (Å²) in [6.45, 7) is 14.4. The van der Waals surface area contributed by atoms with Crippen molar-refractivity contribution in [3.05, 3.63) is 82.7 Å². The molecule has 0 aromatic heterocycles. The zero-order valence-electron chi connectivity index (χ0n) is 20.0. The maximum absolute atomic E-state index is 6.73. The van der Waals surface area contributed by atoms with E-state index in [-0.39, 0.29) is 15.7 Å². The third-order valence-electron chi connectivity index (χ3n) is 6.32. The third-order valence-corrected chi connectivity index (χ3v) is 10.3. The SMILES string of the molecule is COC1(P(C(C)(C)C)C(C)(C)C)CC=c2ccccc2=C1c1cccc2ccccc12. The summed E-state index contributed by atoms with van der Waals surface area (Å²) in [4.78, 5) is 0. The van der Waals surface area contributed by atoms with Gasteiger partial charge in [-0.2, -0.15) is 0 Å². The minimum Gasteiger partial charge on any atom is -0.369 e. The topological polar surface area (TPSA) is 9.23 Å². The van der Waals surface area contributed by atoms with Gasteiger partial charge in [0.1, 0.15) is 5.34 Å². The van der Waals surface area contributed by atoms with E-state index in [2.05, 4.69) is 114 Å². The summed E-state index contributed by atoms with van der Waals surface area (Å²) in [5.41, 5.74) is 2.67. The highest BCUT2D eigenvalue weighted by Crippen LogP contribution is 2.72. The minimum absolute atomic E-state index is 0.125. The second-order valence-electron chi connectivity index (χ2n) is 10.6. The zero-order chi connectivity index (χ0) is 22.4. The highest BCUT2D eigenvalue weighted by Gasteiger charge is 2.53. The smallest absolute Gasteiger partial charge is 0.117 e. The van der Waals surface area contributed by atoms with Crippen LogP contribution < -0.4 is 10.4 Å². The molecular formula is C29H35OP. The van der Waals surface area contributed by atoms with Gasteiger partial charge in [-0.25, -0.2) is 0 Å². The van der Waals surface area contributed by atoms with Gasteiger partial charge in [-0.3, -0.25) is 0 Å². The number of rotatable bonds is 3. The van der Waals surface area contributed by atoms with Gasteiger partial charge in [-0.1, -0.05) is 122 Å². The fourth-order valence-electron chi connectivity index (χ4n) is 5.83. The normalized spacial score (nSPS) is 19.4. The number of ether oxygens (including phenoxy) is 1.